The first-order chi connectivity index (χ1) is 9.83. The highest BCUT2D eigenvalue weighted by molar-refractivity contribution is 5.44. The van der Waals surface area contributed by atoms with Gasteiger partial charge < -0.3 is 0 Å². The lowest BCUT2D eigenvalue weighted by Crippen LogP contribution is -2.39. The second-order valence-electron chi connectivity index (χ2n) is 7.86. The van der Waals surface area contributed by atoms with Gasteiger partial charge in [0.05, 0.1) is 0 Å². The van der Waals surface area contributed by atoms with Crippen molar-refractivity contribution in [2.45, 2.75) is 71.0 Å². The van der Waals surface area contributed by atoms with Gasteiger partial charge in [0.2, 0.25) is 0 Å². The molecule has 1 heterocycles. The molecule has 0 atom stereocenters. The smallest absolute Gasteiger partial charge is 0.118 e. The molecule has 0 radical (unpaired) electrons. The molecule has 1 fully saturated rings. The Bertz CT molecular complexity index is 523. The summed E-state index contributed by atoms with van der Waals surface area (Å²) in [6.45, 7) is 10.4. The molecule has 3 rings (SSSR count). The van der Waals surface area contributed by atoms with Crippen LogP contribution in [-0.2, 0) is 13.0 Å². The monoisotopic (exact) mass is 289 g/mol. The molecule has 116 valence electrons. The zero-order valence-corrected chi connectivity index (χ0v) is 13.9. The average molecular weight is 289 g/mol. The summed E-state index contributed by atoms with van der Waals surface area (Å²) < 4.78 is 13.9. The average Bonchev–Trinajstić information content (AvgIpc) is 3.19. The summed E-state index contributed by atoms with van der Waals surface area (Å²) in [6, 6.07) is 4.89. The summed E-state index contributed by atoms with van der Waals surface area (Å²) in [6.07, 6.45) is 3.76. The molecule has 1 aromatic rings. The van der Waals surface area contributed by atoms with E-state index in [1.807, 2.05) is 0 Å². The summed E-state index contributed by atoms with van der Waals surface area (Å²) >= 11 is 0. The van der Waals surface area contributed by atoms with Crippen LogP contribution in [0.15, 0.2) is 12.1 Å². The first-order valence-corrected chi connectivity index (χ1v) is 8.40. The van der Waals surface area contributed by atoms with Crippen molar-refractivity contribution >= 4 is 0 Å². The topological polar surface area (TPSA) is 3.24 Å². The summed E-state index contributed by atoms with van der Waals surface area (Å²) in [5.41, 5.74) is 4.96. The maximum absolute atomic E-state index is 13.9. The number of hydrogen-bond acceptors (Lipinski definition) is 1. The quantitative estimate of drug-likeness (QED) is 0.770. The van der Waals surface area contributed by atoms with Crippen molar-refractivity contribution in [1.82, 2.24) is 4.90 Å². The van der Waals surface area contributed by atoms with Crippen molar-refractivity contribution in [1.29, 1.82) is 0 Å². The summed E-state index contributed by atoms with van der Waals surface area (Å²) in [5, 5.41) is 0. The first-order valence-electron chi connectivity index (χ1n) is 8.40. The normalized spacial score (nSPS) is 19.9. The highest BCUT2D eigenvalue weighted by Crippen LogP contribution is 2.44. The van der Waals surface area contributed by atoms with Crippen LogP contribution in [0.2, 0.25) is 0 Å². The Morgan fingerprint density at radius 1 is 1.24 bits per heavy atom. The standard InChI is InChI=1S/C19H28FN/c1-13(2)17-9-15-7-8-21(12-19(3,4)20)11-16(15)10-18(17)14-5-6-14/h9-10,13-14H,5-8,11-12H2,1-4H3. The second kappa shape index (κ2) is 5.39. The highest BCUT2D eigenvalue weighted by atomic mass is 19.1. The molecule has 1 saturated carbocycles. The molecular weight excluding hydrogens is 261 g/mol. The van der Waals surface area contributed by atoms with E-state index < -0.39 is 5.67 Å². The van der Waals surface area contributed by atoms with Gasteiger partial charge in [-0.15, -0.1) is 0 Å². The Morgan fingerprint density at radius 3 is 2.52 bits per heavy atom. The third kappa shape index (κ3) is 3.48. The van der Waals surface area contributed by atoms with Crippen molar-refractivity contribution in [2.24, 2.45) is 0 Å². The van der Waals surface area contributed by atoms with Gasteiger partial charge in [0, 0.05) is 19.6 Å². The molecule has 0 aromatic heterocycles. The van der Waals surface area contributed by atoms with Crippen LogP contribution in [0, 0.1) is 0 Å². The van der Waals surface area contributed by atoms with Gasteiger partial charge >= 0.3 is 0 Å². The molecule has 0 unspecified atom stereocenters. The van der Waals surface area contributed by atoms with E-state index in [9.17, 15) is 4.39 Å². The van der Waals surface area contributed by atoms with E-state index >= 15 is 0 Å². The van der Waals surface area contributed by atoms with Crippen LogP contribution in [0.1, 0.15) is 74.6 Å². The molecule has 21 heavy (non-hydrogen) atoms. The third-order valence-corrected chi connectivity index (χ3v) is 4.74. The second-order valence-corrected chi connectivity index (χ2v) is 7.86. The Labute approximate surface area is 128 Å². The minimum Gasteiger partial charge on any atom is -0.296 e. The van der Waals surface area contributed by atoms with Gasteiger partial charge in [-0.25, -0.2) is 4.39 Å². The number of halogens is 1. The number of alkyl halides is 1. The minimum absolute atomic E-state index is 0.539. The van der Waals surface area contributed by atoms with Gasteiger partial charge in [0.25, 0.3) is 0 Å². The molecule has 0 amide bonds. The number of fused-ring (bicyclic) bond motifs is 1. The molecule has 1 aromatic carbocycles. The van der Waals surface area contributed by atoms with Crippen LogP contribution < -0.4 is 0 Å². The third-order valence-electron chi connectivity index (χ3n) is 4.74. The maximum Gasteiger partial charge on any atom is 0.118 e. The lowest BCUT2D eigenvalue weighted by Gasteiger charge is -2.33. The van der Waals surface area contributed by atoms with Crippen LogP contribution in [0.3, 0.4) is 0 Å². The van der Waals surface area contributed by atoms with E-state index in [2.05, 4.69) is 30.9 Å². The van der Waals surface area contributed by atoms with Crippen molar-refractivity contribution in [3.05, 3.63) is 34.4 Å². The van der Waals surface area contributed by atoms with Gasteiger partial charge in [-0.2, -0.15) is 0 Å². The van der Waals surface area contributed by atoms with Crippen LogP contribution in [0.25, 0.3) is 0 Å². The molecule has 2 heteroatoms. The SMILES string of the molecule is CC(C)c1cc2c(cc1C1CC1)CN(CC(C)(C)F)CC2. The molecule has 2 aliphatic rings. The van der Waals surface area contributed by atoms with Gasteiger partial charge in [-0.1, -0.05) is 26.0 Å². The van der Waals surface area contributed by atoms with Crippen LogP contribution in [0.4, 0.5) is 4.39 Å². The number of hydrogen-bond donors (Lipinski definition) is 0. The molecular formula is C19H28FN. The number of nitrogens with zero attached hydrogens (tertiary/aromatic N) is 1. The molecule has 1 aliphatic heterocycles. The molecule has 0 bridgehead atoms. The van der Waals surface area contributed by atoms with Gasteiger partial charge in [0.15, 0.2) is 0 Å². The lowest BCUT2D eigenvalue weighted by atomic mass is 9.87. The van der Waals surface area contributed by atoms with E-state index in [1.54, 1.807) is 25.0 Å². The Morgan fingerprint density at radius 2 is 1.95 bits per heavy atom. The van der Waals surface area contributed by atoms with Crippen molar-refractivity contribution in [2.75, 3.05) is 13.1 Å². The Kier molecular flexibility index (Phi) is 3.85. The predicted octanol–water partition coefficient (Wildman–Crippen LogP) is 4.79. The first kappa shape index (κ1) is 15.0. The largest absolute Gasteiger partial charge is 0.296 e. The van der Waals surface area contributed by atoms with Gasteiger partial charge in [0.1, 0.15) is 5.67 Å². The fraction of sp³-hybridized carbons (Fsp3) is 0.684. The van der Waals surface area contributed by atoms with Crippen molar-refractivity contribution in [3.8, 4) is 0 Å². The predicted molar refractivity (Wildman–Crippen MR) is 86.7 cm³/mol. The highest BCUT2D eigenvalue weighted by Gasteiger charge is 2.30. The van der Waals surface area contributed by atoms with Crippen LogP contribution in [0.5, 0.6) is 0 Å². The maximum atomic E-state index is 13.9. The van der Waals surface area contributed by atoms with Crippen LogP contribution in [-0.4, -0.2) is 23.7 Å². The lowest BCUT2D eigenvalue weighted by molar-refractivity contribution is 0.116. The summed E-state index contributed by atoms with van der Waals surface area (Å²) in [4.78, 5) is 2.27. The zero-order valence-electron chi connectivity index (χ0n) is 13.9. The van der Waals surface area contributed by atoms with Gasteiger partial charge in [-0.3, -0.25) is 4.90 Å². The van der Waals surface area contributed by atoms with E-state index in [0.29, 0.717) is 12.5 Å². The fourth-order valence-electron chi connectivity index (χ4n) is 3.62. The van der Waals surface area contributed by atoms with Crippen molar-refractivity contribution < 1.29 is 4.39 Å². The Hall–Kier alpha value is -0.890. The summed E-state index contributed by atoms with van der Waals surface area (Å²) in [5.74, 6) is 1.40. The molecule has 1 nitrogen and oxygen atoms in total. The van der Waals surface area contributed by atoms with E-state index in [1.165, 1.54) is 24.0 Å². The van der Waals surface area contributed by atoms with Crippen LogP contribution >= 0.6 is 0 Å². The fourth-order valence-corrected chi connectivity index (χ4v) is 3.62. The van der Waals surface area contributed by atoms with E-state index in [0.717, 1.165) is 25.4 Å². The molecule has 0 saturated heterocycles. The number of benzene rings is 1. The van der Waals surface area contributed by atoms with Crippen molar-refractivity contribution in [3.63, 3.8) is 0 Å². The number of rotatable bonds is 4. The molecule has 0 spiro atoms. The minimum atomic E-state index is -1.10. The molecule has 1 aliphatic carbocycles. The van der Waals surface area contributed by atoms with Gasteiger partial charge in [-0.05, 0) is 67.2 Å². The Balaban J connectivity index is 1.86. The van der Waals surface area contributed by atoms with E-state index in [4.69, 9.17) is 0 Å². The van der Waals surface area contributed by atoms with E-state index in [-0.39, 0.29) is 0 Å². The summed E-state index contributed by atoms with van der Waals surface area (Å²) in [7, 11) is 0. The molecule has 0 N–H and O–H groups in total. The zero-order chi connectivity index (χ0) is 15.2.